The molecule has 2 aliphatic heterocycles. The van der Waals surface area contributed by atoms with E-state index in [1.165, 1.54) is 97.4 Å². The second-order valence-electron chi connectivity index (χ2n) is 13.5. The molecular weight excluding hydrogens is 591 g/mol. The summed E-state index contributed by atoms with van der Waals surface area (Å²) in [5, 5.41) is 6.80. The molecule has 3 heterocycles. The summed E-state index contributed by atoms with van der Waals surface area (Å²) in [4.78, 5) is 14.2. The van der Waals surface area contributed by atoms with Gasteiger partial charge in [-0.1, -0.05) is 103 Å². The number of aromatic amines is 1. The van der Waals surface area contributed by atoms with E-state index in [2.05, 4.69) is 153 Å². The van der Waals surface area contributed by atoms with Crippen LogP contribution < -0.4 is 0 Å². The van der Waals surface area contributed by atoms with Gasteiger partial charge in [0.25, 0.3) is 0 Å². The van der Waals surface area contributed by atoms with Crippen LogP contribution in [0.5, 0.6) is 0 Å². The molecule has 48 heavy (non-hydrogen) atoms. The molecule has 0 aliphatic carbocycles. The van der Waals surface area contributed by atoms with Gasteiger partial charge in [-0.3, -0.25) is 14.9 Å². The Morgan fingerprint density at radius 1 is 0.500 bits per heavy atom. The van der Waals surface area contributed by atoms with Crippen LogP contribution in [0.2, 0.25) is 0 Å². The van der Waals surface area contributed by atoms with Gasteiger partial charge in [0, 0.05) is 44.8 Å². The zero-order valence-corrected chi connectivity index (χ0v) is 29.0. The lowest BCUT2D eigenvalue weighted by molar-refractivity contribution is 0.269. The Kier molecular flexibility index (Phi) is 11.8. The van der Waals surface area contributed by atoms with Gasteiger partial charge in [-0.15, -0.1) is 0 Å². The summed E-state index contributed by atoms with van der Waals surface area (Å²) in [5.74, 6) is 0.801. The van der Waals surface area contributed by atoms with Crippen molar-refractivity contribution in [2.75, 3.05) is 66.5 Å². The van der Waals surface area contributed by atoms with Crippen LogP contribution in [0.3, 0.4) is 0 Å². The number of nitrogens with one attached hydrogen (secondary N) is 1. The Bertz CT molecular complexity index is 1650. The molecule has 5 aromatic rings. The average Bonchev–Trinajstić information content (AvgIpc) is 3.48. The molecule has 0 amide bonds. The highest BCUT2D eigenvalue weighted by Gasteiger charge is 2.13. The quantitative estimate of drug-likeness (QED) is 0.205. The fraction of sp³-hybridized carbons (Fsp3) is 0.366. The first-order valence-electron chi connectivity index (χ1n) is 17.5. The molecule has 1 aromatic heterocycles. The van der Waals surface area contributed by atoms with Crippen LogP contribution in [0.25, 0.3) is 33.6 Å². The molecule has 7 nitrogen and oxygen atoms in total. The zero-order valence-electron chi connectivity index (χ0n) is 29.0. The number of H-pyrrole nitrogens is 1. The van der Waals surface area contributed by atoms with Crippen LogP contribution in [0, 0.1) is 6.92 Å². The van der Waals surface area contributed by atoms with Gasteiger partial charge in [-0.2, -0.15) is 5.10 Å². The first-order valence-corrected chi connectivity index (χ1v) is 17.5. The molecule has 2 fully saturated rings. The topological polar surface area (TPSA) is 54.5 Å². The minimum atomic E-state index is 0.801. The minimum Gasteiger partial charge on any atom is -0.305 e. The molecule has 0 spiro atoms. The summed E-state index contributed by atoms with van der Waals surface area (Å²) in [7, 11) is 4.44. The second kappa shape index (κ2) is 16.8. The molecule has 0 atom stereocenters. The zero-order chi connectivity index (χ0) is 33.1. The van der Waals surface area contributed by atoms with E-state index in [4.69, 9.17) is 0 Å². The lowest BCUT2D eigenvalue weighted by Gasteiger charge is -2.20. The highest BCUT2D eigenvalue weighted by molar-refractivity contribution is 5.68. The van der Waals surface area contributed by atoms with Crippen LogP contribution in [0.15, 0.2) is 103 Å². The monoisotopic (exact) mass is 641 g/mol. The fourth-order valence-electron chi connectivity index (χ4n) is 6.55. The molecule has 7 heteroatoms. The maximum absolute atomic E-state index is 4.19. The number of benzene rings is 4. The van der Waals surface area contributed by atoms with Crippen molar-refractivity contribution >= 4 is 0 Å². The van der Waals surface area contributed by atoms with Crippen molar-refractivity contribution in [2.45, 2.75) is 32.9 Å². The Labute approximate surface area is 287 Å². The summed E-state index contributed by atoms with van der Waals surface area (Å²) in [5.41, 5.74) is 10.2. The molecule has 0 saturated carbocycles. The van der Waals surface area contributed by atoms with Crippen LogP contribution in [0.4, 0.5) is 0 Å². The minimum absolute atomic E-state index is 0.801. The van der Waals surface area contributed by atoms with Gasteiger partial charge >= 0.3 is 0 Å². The van der Waals surface area contributed by atoms with Gasteiger partial charge in [0.15, 0.2) is 5.82 Å². The number of nitrogens with zero attached hydrogens (tertiary/aromatic N) is 6. The summed E-state index contributed by atoms with van der Waals surface area (Å²) in [6.45, 7) is 13.8. The van der Waals surface area contributed by atoms with Crippen molar-refractivity contribution in [3.63, 3.8) is 0 Å². The third kappa shape index (κ3) is 9.70. The summed E-state index contributed by atoms with van der Waals surface area (Å²) >= 11 is 0. The lowest BCUT2D eigenvalue weighted by Crippen LogP contribution is -2.28. The number of hydrogen-bond donors (Lipinski definition) is 1. The van der Waals surface area contributed by atoms with Crippen molar-refractivity contribution in [1.29, 1.82) is 0 Å². The molecule has 7 rings (SSSR count). The SMILES string of the molecule is CN1CCCN(Cc2ccc(-c3ccc(-c4ncn[nH]4)cc3)cc2)CC1.Cc1ccc(-c2ccc(CN3CCCN(C)CC3)cc2)cc1. The summed E-state index contributed by atoms with van der Waals surface area (Å²) in [6, 6.07) is 35.2. The van der Waals surface area contributed by atoms with Crippen LogP contribution >= 0.6 is 0 Å². The summed E-state index contributed by atoms with van der Waals surface area (Å²) in [6.07, 6.45) is 4.06. The first kappa shape index (κ1) is 33.7. The van der Waals surface area contributed by atoms with Crippen molar-refractivity contribution in [3.05, 3.63) is 120 Å². The Hall–Kier alpha value is -4.14. The first-order chi connectivity index (χ1) is 23.5. The van der Waals surface area contributed by atoms with Crippen LogP contribution in [0.1, 0.15) is 29.5 Å². The number of hydrogen-bond acceptors (Lipinski definition) is 6. The molecule has 0 radical (unpaired) electrons. The van der Waals surface area contributed by atoms with Crippen molar-refractivity contribution < 1.29 is 0 Å². The Morgan fingerprint density at radius 3 is 1.35 bits per heavy atom. The van der Waals surface area contributed by atoms with Gasteiger partial charge in [0.05, 0.1) is 0 Å². The van der Waals surface area contributed by atoms with Crippen LogP contribution in [-0.2, 0) is 13.1 Å². The molecule has 0 bridgehead atoms. The summed E-state index contributed by atoms with van der Waals surface area (Å²) < 4.78 is 0. The molecule has 4 aromatic carbocycles. The number of aromatic nitrogens is 3. The maximum Gasteiger partial charge on any atom is 0.155 e. The normalized spacial score (nSPS) is 16.9. The van der Waals surface area contributed by atoms with Crippen LogP contribution in [-0.4, -0.2) is 101 Å². The number of rotatable bonds is 7. The van der Waals surface area contributed by atoms with E-state index in [0.29, 0.717) is 0 Å². The molecule has 2 aliphatic rings. The predicted molar refractivity (Wildman–Crippen MR) is 199 cm³/mol. The third-order valence-corrected chi connectivity index (χ3v) is 9.64. The predicted octanol–water partition coefficient (Wildman–Crippen LogP) is 7.08. The molecular formula is C41H51N7. The smallest absolute Gasteiger partial charge is 0.155 e. The molecule has 2 saturated heterocycles. The Balaban J connectivity index is 0.000000170. The average molecular weight is 642 g/mol. The van der Waals surface area contributed by atoms with Gasteiger partial charge < -0.3 is 9.80 Å². The highest BCUT2D eigenvalue weighted by Crippen LogP contribution is 2.24. The number of aryl methyl sites for hydroxylation is 1. The molecule has 1 N–H and O–H groups in total. The largest absolute Gasteiger partial charge is 0.305 e. The maximum atomic E-state index is 4.19. The Morgan fingerprint density at radius 2 is 0.917 bits per heavy atom. The van der Waals surface area contributed by atoms with E-state index in [1.54, 1.807) is 0 Å². The van der Waals surface area contributed by atoms with E-state index >= 15 is 0 Å². The van der Waals surface area contributed by atoms with Gasteiger partial charge in [0.2, 0.25) is 0 Å². The lowest BCUT2D eigenvalue weighted by atomic mass is 10.0. The van der Waals surface area contributed by atoms with E-state index in [-0.39, 0.29) is 0 Å². The van der Waals surface area contributed by atoms with E-state index in [9.17, 15) is 0 Å². The fourth-order valence-corrected chi connectivity index (χ4v) is 6.55. The van der Waals surface area contributed by atoms with Crippen molar-refractivity contribution in [2.24, 2.45) is 0 Å². The molecule has 0 unspecified atom stereocenters. The number of likely N-dealkylation sites (N-methyl/N-ethyl adjacent to an activating group) is 2. The standard InChI is InChI=1S/C21H25N5.C20H26N2/c1-25-11-2-12-26(14-13-25)15-17-3-5-18(6-4-17)19-7-9-20(10-8-19)21-22-16-23-24-21;1-17-4-8-19(9-5-17)20-10-6-18(7-11-20)16-22-13-3-12-21(2)14-15-22/h3-10,16H,2,11-15H2,1H3,(H,22,23,24);4-11H,3,12-16H2,1-2H3. The van der Waals surface area contributed by atoms with E-state index in [0.717, 1.165) is 37.6 Å². The third-order valence-electron chi connectivity index (χ3n) is 9.64. The second-order valence-corrected chi connectivity index (χ2v) is 13.5. The van der Waals surface area contributed by atoms with Gasteiger partial charge in [0.1, 0.15) is 6.33 Å². The van der Waals surface area contributed by atoms with Gasteiger partial charge in [-0.05, 0) is 93.4 Å². The van der Waals surface area contributed by atoms with E-state index < -0.39 is 0 Å². The van der Waals surface area contributed by atoms with Gasteiger partial charge in [-0.25, -0.2) is 4.98 Å². The highest BCUT2D eigenvalue weighted by atomic mass is 15.2. The molecule has 250 valence electrons. The van der Waals surface area contributed by atoms with E-state index in [1.807, 2.05) is 0 Å². The van der Waals surface area contributed by atoms with Crippen molar-refractivity contribution in [1.82, 2.24) is 34.8 Å². The van der Waals surface area contributed by atoms with Crippen molar-refractivity contribution in [3.8, 4) is 33.6 Å².